The van der Waals surface area contributed by atoms with Gasteiger partial charge in [0.15, 0.2) is 5.58 Å². The van der Waals surface area contributed by atoms with Crippen LogP contribution in [0.4, 0.5) is 34.1 Å². The first kappa shape index (κ1) is 35.3. The van der Waals surface area contributed by atoms with E-state index in [1.165, 1.54) is 83.8 Å². The molecule has 5 heteroatoms. The number of rotatable bonds is 2. The maximum absolute atomic E-state index is 6.94. The van der Waals surface area contributed by atoms with Gasteiger partial charge < -0.3 is 18.8 Å². The maximum atomic E-state index is 6.94. The summed E-state index contributed by atoms with van der Waals surface area (Å²) in [5.74, 6) is 0. The fourth-order valence-electron chi connectivity index (χ4n) is 11.4. The molecular formula is C54H52BN3O. The molecule has 0 unspecified atom stereocenters. The molecule has 4 aliphatic rings. The van der Waals surface area contributed by atoms with Crippen molar-refractivity contribution in [2.24, 2.45) is 0 Å². The molecule has 0 saturated heterocycles. The van der Waals surface area contributed by atoms with Gasteiger partial charge in [0.1, 0.15) is 5.58 Å². The Morgan fingerprint density at radius 2 is 1.20 bits per heavy atom. The van der Waals surface area contributed by atoms with Gasteiger partial charge in [0.2, 0.25) is 0 Å². The van der Waals surface area contributed by atoms with Gasteiger partial charge in [0, 0.05) is 50.2 Å². The van der Waals surface area contributed by atoms with E-state index in [1.54, 1.807) is 0 Å². The lowest BCUT2D eigenvalue weighted by molar-refractivity contribution is 0.333. The summed E-state index contributed by atoms with van der Waals surface area (Å²) < 4.78 is 9.59. The van der Waals surface area contributed by atoms with Crippen molar-refractivity contribution in [3.05, 3.63) is 131 Å². The van der Waals surface area contributed by atoms with Crippen molar-refractivity contribution in [1.29, 1.82) is 0 Å². The average Bonchev–Trinajstić information content (AvgIpc) is 3.86. The predicted molar refractivity (Wildman–Crippen MR) is 251 cm³/mol. The number of nitrogens with zero attached hydrogens (tertiary/aromatic N) is 3. The third-order valence-corrected chi connectivity index (χ3v) is 14.6. The van der Waals surface area contributed by atoms with E-state index in [2.05, 4.69) is 193 Å². The summed E-state index contributed by atoms with van der Waals surface area (Å²) in [5, 5.41) is 3.61. The fourth-order valence-corrected chi connectivity index (χ4v) is 11.4. The predicted octanol–water partition coefficient (Wildman–Crippen LogP) is 12.9. The molecule has 0 atom stereocenters. The van der Waals surface area contributed by atoms with Gasteiger partial charge in [-0.3, -0.25) is 0 Å². The van der Waals surface area contributed by atoms with E-state index in [9.17, 15) is 0 Å². The number of furan rings is 1. The summed E-state index contributed by atoms with van der Waals surface area (Å²) >= 11 is 0. The fraction of sp³-hybridized carbons (Fsp3) is 0.296. The van der Waals surface area contributed by atoms with E-state index in [1.807, 2.05) is 0 Å². The van der Waals surface area contributed by atoms with E-state index in [0.717, 1.165) is 40.5 Å². The lowest BCUT2D eigenvalue weighted by Crippen LogP contribution is -2.60. The normalized spacial score (nSPS) is 17.0. The summed E-state index contributed by atoms with van der Waals surface area (Å²) in [6, 6.07) is 41.6. The van der Waals surface area contributed by atoms with Crippen LogP contribution >= 0.6 is 0 Å². The number of fused-ring (bicyclic) bond motifs is 9. The second-order valence-corrected chi connectivity index (χ2v) is 21.3. The molecule has 0 radical (unpaired) electrons. The average molecular weight is 770 g/mol. The minimum atomic E-state index is -0.0824. The van der Waals surface area contributed by atoms with Gasteiger partial charge in [-0.25, -0.2) is 0 Å². The highest BCUT2D eigenvalue weighted by molar-refractivity contribution is 7.02. The molecule has 0 saturated carbocycles. The van der Waals surface area contributed by atoms with E-state index in [-0.39, 0.29) is 28.4 Å². The highest BCUT2D eigenvalue weighted by atomic mass is 16.3. The van der Waals surface area contributed by atoms with Crippen molar-refractivity contribution in [2.75, 3.05) is 9.80 Å². The number of anilines is 6. The van der Waals surface area contributed by atoms with Gasteiger partial charge >= 0.3 is 0 Å². The van der Waals surface area contributed by atoms with Gasteiger partial charge in [-0.15, -0.1) is 0 Å². The van der Waals surface area contributed by atoms with Crippen molar-refractivity contribution in [3.63, 3.8) is 0 Å². The van der Waals surface area contributed by atoms with Crippen LogP contribution in [-0.2, 0) is 21.7 Å². The molecule has 8 aromatic rings. The van der Waals surface area contributed by atoms with Crippen molar-refractivity contribution in [1.82, 2.24) is 4.57 Å². The number of hydrogen-bond acceptors (Lipinski definition) is 3. The Morgan fingerprint density at radius 1 is 0.559 bits per heavy atom. The van der Waals surface area contributed by atoms with Gasteiger partial charge in [0.25, 0.3) is 6.71 Å². The van der Waals surface area contributed by atoms with Crippen LogP contribution in [0.25, 0.3) is 38.5 Å². The van der Waals surface area contributed by atoms with E-state index in [0.29, 0.717) is 0 Å². The third kappa shape index (κ3) is 4.51. The molecule has 6 aromatic carbocycles. The molecule has 2 aromatic heterocycles. The van der Waals surface area contributed by atoms with E-state index < -0.39 is 0 Å². The standard InChI is InChI=1S/C54H52BN3O/c1-51(2,3)31-22-24-33(25-23-31)56-47-36-17-11-13-19-38(36)58-41-29-32(52(4,5)6)28-40-45(41)55(50(47)58)46-42(30-37-44(48(46)56)54(9,10)27-26-53(37,7)8)57(40)39-20-15-18-35-34-16-12-14-21-43(34)59-49(35)39/h11-25,28-30H,26-27H2,1-10H3. The van der Waals surface area contributed by atoms with Crippen LogP contribution in [0.2, 0.25) is 0 Å². The molecule has 0 spiro atoms. The van der Waals surface area contributed by atoms with Crippen LogP contribution in [-0.4, -0.2) is 11.3 Å². The number of aromatic nitrogens is 1. The lowest BCUT2D eigenvalue weighted by atomic mass is 9.35. The molecule has 0 fully saturated rings. The Balaban J connectivity index is 1.30. The molecular weight excluding hydrogens is 717 g/mol. The second kappa shape index (κ2) is 11.1. The molecule has 0 bridgehead atoms. The van der Waals surface area contributed by atoms with E-state index in [4.69, 9.17) is 4.42 Å². The maximum Gasteiger partial charge on any atom is 0.275 e. The summed E-state index contributed by atoms with van der Waals surface area (Å²) in [4.78, 5) is 5.33. The van der Waals surface area contributed by atoms with Gasteiger partial charge in [-0.05, 0) is 116 Å². The van der Waals surface area contributed by atoms with Crippen molar-refractivity contribution >= 4 is 90.2 Å². The Bertz CT molecular complexity index is 3140. The van der Waals surface area contributed by atoms with Gasteiger partial charge in [-0.1, -0.05) is 130 Å². The topological polar surface area (TPSA) is 24.6 Å². The SMILES string of the molecule is CC(C)(C)c1ccc(N2c3c4c(cc5c3C(C)(C)CCC5(C)C)N(c3cccc5c3oc3ccccc35)c3cc(C(C)(C)C)cc5c3B4c3c2c2ccccc2n3-5)cc1. The van der Waals surface area contributed by atoms with Crippen molar-refractivity contribution in [3.8, 4) is 5.69 Å². The quantitative estimate of drug-likeness (QED) is 0.164. The van der Waals surface area contributed by atoms with Crippen molar-refractivity contribution in [2.45, 2.75) is 104 Å². The van der Waals surface area contributed by atoms with Crippen LogP contribution in [0.3, 0.4) is 0 Å². The van der Waals surface area contributed by atoms with Crippen LogP contribution in [0, 0.1) is 0 Å². The summed E-state index contributed by atoms with van der Waals surface area (Å²) in [6.45, 7) is 24.1. The number of para-hydroxylation sites is 3. The Labute approximate surface area is 348 Å². The summed E-state index contributed by atoms with van der Waals surface area (Å²) in [6.07, 6.45) is 2.27. The van der Waals surface area contributed by atoms with Crippen LogP contribution in [0.15, 0.2) is 114 Å². The zero-order valence-corrected chi connectivity index (χ0v) is 36.1. The van der Waals surface area contributed by atoms with E-state index >= 15 is 0 Å². The first-order valence-corrected chi connectivity index (χ1v) is 21.7. The second-order valence-electron chi connectivity index (χ2n) is 21.3. The monoisotopic (exact) mass is 769 g/mol. The molecule has 12 rings (SSSR count). The summed E-state index contributed by atoms with van der Waals surface area (Å²) in [5.41, 5.74) is 21.7. The summed E-state index contributed by atoms with van der Waals surface area (Å²) in [7, 11) is 0. The highest BCUT2D eigenvalue weighted by Crippen LogP contribution is 2.58. The Morgan fingerprint density at radius 3 is 1.95 bits per heavy atom. The Kier molecular flexibility index (Phi) is 6.65. The number of hydrogen-bond donors (Lipinski definition) is 0. The zero-order chi connectivity index (χ0) is 40.7. The molecule has 4 nitrogen and oxygen atoms in total. The molecule has 59 heavy (non-hydrogen) atoms. The smallest absolute Gasteiger partial charge is 0.275 e. The molecule has 3 aliphatic heterocycles. The molecule has 0 N–H and O–H groups in total. The third-order valence-electron chi connectivity index (χ3n) is 14.6. The van der Waals surface area contributed by atoms with Crippen molar-refractivity contribution < 1.29 is 4.42 Å². The number of benzene rings is 6. The minimum absolute atomic E-state index is 0.0299. The molecule has 5 heterocycles. The minimum Gasteiger partial charge on any atom is -0.454 e. The highest BCUT2D eigenvalue weighted by Gasteiger charge is 2.55. The van der Waals surface area contributed by atoms with Crippen LogP contribution in [0.5, 0.6) is 0 Å². The zero-order valence-electron chi connectivity index (χ0n) is 36.1. The lowest BCUT2D eigenvalue weighted by Gasteiger charge is -2.49. The molecule has 0 amide bonds. The Hall–Kier alpha value is -5.68. The molecule has 292 valence electrons. The molecule has 1 aliphatic carbocycles. The largest absolute Gasteiger partial charge is 0.454 e. The first-order valence-electron chi connectivity index (χ1n) is 21.7. The van der Waals surface area contributed by atoms with Crippen LogP contribution < -0.4 is 26.3 Å². The first-order chi connectivity index (χ1) is 28.0. The van der Waals surface area contributed by atoms with Gasteiger partial charge in [0.05, 0.1) is 16.9 Å². The van der Waals surface area contributed by atoms with Gasteiger partial charge in [-0.2, -0.15) is 0 Å². The van der Waals surface area contributed by atoms with Crippen LogP contribution in [0.1, 0.15) is 104 Å².